The topological polar surface area (TPSA) is 52.7 Å². The van der Waals surface area contributed by atoms with E-state index in [9.17, 15) is 9.59 Å². The molecule has 5 heteroatoms. The van der Waals surface area contributed by atoms with E-state index < -0.39 is 0 Å². The lowest BCUT2D eigenvalue weighted by molar-refractivity contribution is -0.120. The van der Waals surface area contributed by atoms with Crippen LogP contribution >= 0.6 is 0 Å². The van der Waals surface area contributed by atoms with Gasteiger partial charge < -0.3 is 10.2 Å². The van der Waals surface area contributed by atoms with Crippen molar-refractivity contribution >= 4 is 23.2 Å². The molecule has 0 aromatic heterocycles. The Kier molecular flexibility index (Phi) is 5.61. The molecular formula is C22H27N3O2. The molecule has 142 valence electrons. The molecule has 1 aliphatic rings. The van der Waals surface area contributed by atoms with Crippen LogP contribution in [-0.2, 0) is 16.1 Å². The second kappa shape index (κ2) is 7.92. The summed E-state index contributed by atoms with van der Waals surface area (Å²) >= 11 is 0. The number of likely N-dealkylation sites (N-methyl/N-ethyl adjacent to an activating group) is 1. The van der Waals surface area contributed by atoms with Crippen molar-refractivity contribution in [2.24, 2.45) is 0 Å². The van der Waals surface area contributed by atoms with E-state index in [1.807, 2.05) is 43.1 Å². The van der Waals surface area contributed by atoms with Gasteiger partial charge in [-0.2, -0.15) is 0 Å². The van der Waals surface area contributed by atoms with Crippen molar-refractivity contribution in [1.82, 2.24) is 4.90 Å². The number of nitrogens with zero attached hydrogens (tertiary/aromatic N) is 2. The molecule has 1 aliphatic heterocycles. The normalized spacial score (nSPS) is 16.7. The number of hydrogen-bond donors (Lipinski definition) is 1. The minimum Gasteiger partial charge on any atom is -0.324 e. The quantitative estimate of drug-likeness (QED) is 0.902. The van der Waals surface area contributed by atoms with Gasteiger partial charge >= 0.3 is 0 Å². The molecule has 0 saturated carbocycles. The molecule has 0 saturated heterocycles. The predicted molar refractivity (Wildman–Crippen MR) is 109 cm³/mol. The van der Waals surface area contributed by atoms with Gasteiger partial charge in [-0.3, -0.25) is 14.5 Å². The van der Waals surface area contributed by atoms with Crippen LogP contribution in [0.3, 0.4) is 0 Å². The third kappa shape index (κ3) is 4.37. The van der Waals surface area contributed by atoms with Crippen molar-refractivity contribution in [2.75, 3.05) is 23.8 Å². The highest BCUT2D eigenvalue weighted by atomic mass is 16.2. The summed E-state index contributed by atoms with van der Waals surface area (Å²) in [4.78, 5) is 29.0. The molecule has 2 aromatic rings. The number of rotatable bonds is 4. The molecule has 0 bridgehead atoms. The van der Waals surface area contributed by atoms with Gasteiger partial charge in [0, 0.05) is 19.0 Å². The second-order valence-electron chi connectivity index (χ2n) is 7.48. The fourth-order valence-corrected chi connectivity index (χ4v) is 3.64. The molecule has 0 unspecified atom stereocenters. The number of amides is 2. The first-order valence-electron chi connectivity index (χ1n) is 9.30. The average molecular weight is 365 g/mol. The Bertz CT molecular complexity index is 862. The van der Waals surface area contributed by atoms with E-state index in [0.717, 1.165) is 5.69 Å². The number of para-hydroxylation sites is 2. The van der Waals surface area contributed by atoms with Gasteiger partial charge in [0.05, 0.1) is 17.9 Å². The summed E-state index contributed by atoms with van der Waals surface area (Å²) in [5.41, 5.74) is 5.15. The van der Waals surface area contributed by atoms with Gasteiger partial charge in [0.25, 0.3) is 0 Å². The number of anilines is 2. The highest BCUT2D eigenvalue weighted by Crippen LogP contribution is 2.31. The van der Waals surface area contributed by atoms with Crippen LogP contribution in [0, 0.1) is 13.8 Å². The Balaban J connectivity index is 1.77. The molecule has 27 heavy (non-hydrogen) atoms. The molecule has 1 atom stereocenters. The van der Waals surface area contributed by atoms with Gasteiger partial charge in [-0.25, -0.2) is 0 Å². The SMILES string of the molecule is Cc1ccc(CN(C)CC(=O)N2c3ccccc3NC(=O)C[C@@H]2C)c(C)c1. The third-order valence-electron chi connectivity index (χ3n) is 4.97. The molecule has 1 N–H and O–H groups in total. The molecule has 0 spiro atoms. The number of carbonyl (C=O) groups is 2. The minimum absolute atomic E-state index is 0.00119. The van der Waals surface area contributed by atoms with Crippen LogP contribution in [-0.4, -0.2) is 36.3 Å². The summed E-state index contributed by atoms with van der Waals surface area (Å²) in [5.74, 6) is -0.0624. The van der Waals surface area contributed by atoms with Crippen LogP contribution in [0.5, 0.6) is 0 Å². The van der Waals surface area contributed by atoms with Gasteiger partial charge in [0.1, 0.15) is 0 Å². The summed E-state index contributed by atoms with van der Waals surface area (Å²) in [6, 6.07) is 13.7. The Labute approximate surface area is 161 Å². The average Bonchev–Trinajstić information content (AvgIpc) is 2.71. The van der Waals surface area contributed by atoms with Gasteiger partial charge in [0.2, 0.25) is 11.8 Å². The highest BCUT2D eigenvalue weighted by molar-refractivity contribution is 6.04. The van der Waals surface area contributed by atoms with Crippen LogP contribution in [0.4, 0.5) is 11.4 Å². The zero-order valence-electron chi connectivity index (χ0n) is 16.5. The van der Waals surface area contributed by atoms with Crippen molar-refractivity contribution in [2.45, 2.75) is 39.8 Å². The van der Waals surface area contributed by atoms with E-state index in [1.54, 1.807) is 4.90 Å². The zero-order valence-corrected chi connectivity index (χ0v) is 16.5. The first kappa shape index (κ1) is 19.1. The van der Waals surface area contributed by atoms with E-state index in [-0.39, 0.29) is 17.9 Å². The van der Waals surface area contributed by atoms with E-state index in [4.69, 9.17) is 0 Å². The first-order chi connectivity index (χ1) is 12.8. The molecule has 0 radical (unpaired) electrons. The maximum absolute atomic E-state index is 13.1. The molecule has 0 fully saturated rings. The van der Waals surface area contributed by atoms with Gasteiger partial charge in [-0.05, 0) is 51.1 Å². The van der Waals surface area contributed by atoms with Gasteiger partial charge in [-0.1, -0.05) is 35.9 Å². The molecule has 3 rings (SSSR count). The zero-order chi connectivity index (χ0) is 19.6. The standard InChI is InChI=1S/C22H27N3O2/c1-15-9-10-18(16(2)11-15)13-24(4)14-22(27)25-17(3)12-21(26)23-19-7-5-6-8-20(19)25/h5-11,17H,12-14H2,1-4H3,(H,23,26)/t17-/m0/s1. The number of aryl methyl sites for hydroxylation is 2. The Morgan fingerprint density at radius 1 is 1.22 bits per heavy atom. The lowest BCUT2D eigenvalue weighted by atomic mass is 10.1. The number of benzene rings is 2. The van der Waals surface area contributed by atoms with Crippen LogP contribution in [0.15, 0.2) is 42.5 Å². The summed E-state index contributed by atoms with van der Waals surface area (Å²) in [5, 5.41) is 2.90. The smallest absolute Gasteiger partial charge is 0.241 e. The Morgan fingerprint density at radius 2 is 1.96 bits per heavy atom. The second-order valence-corrected chi connectivity index (χ2v) is 7.48. The molecule has 5 nitrogen and oxygen atoms in total. The van der Waals surface area contributed by atoms with Crippen LogP contribution in [0.2, 0.25) is 0 Å². The number of carbonyl (C=O) groups excluding carboxylic acids is 2. The van der Waals surface area contributed by atoms with Crippen LogP contribution in [0.1, 0.15) is 30.0 Å². The lowest BCUT2D eigenvalue weighted by Crippen LogP contribution is -2.44. The van der Waals surface area contributed by atoms with E-state index >= 15 is 0 Å². The van der Waals surface area contributed by atoms with Crippen LogP contribution < -0.4 is 10.2 Å². The number of hydrogen-bond acceptors (Lipinski definition) is 3. The fraction of sp³-hybridized carbons (Fsp3) is 0.364. The Morgan fingerprint density at radius 3 is 2.70 bits per heavy atom. The molecule has 2 aromatic carbocycles. The third-order valence-corrected chi connectivity index (χ3v) is 4.97. The predicted octanol–water partition coefficient (Wildman–Crippen LogP) is 3.50. The van der Waals surface area contributed by atoms with Crippen molar-refractivity contribution in [3.8, 4) is 0 Å². The number of nitrogens with one attached hydrogen (secondary N) is 1. The minimum atomic E-state index is -0.185. The first-order valence-corrected chi connectivity index (χ1v) is 9.30. The van der Waals surface area contributed by atoms with Crippen molar-refractivity contribution in [1.29, 1.82) is 0 Å². The summed E-state index contributed by atoms with van der Waals surface area (Å²) in [6.45, 7) is 7.10. The van der Waals surface area contributed by atoms with Crippen molar-refractivity contribution in [3.63, 3.8) is 0 Å². The monoisotopic (exact) mass is 365 g/mol. The van der Waals surface area contributed by atoms with Gasteiger partial charge in [-0.15, -0.1) is 0 Å². The van der Waals surface area contributed by atoms with Crippen molar-refractivity contribution < 1.29 is 9.59 Å². The summed E-state index contributed by atoms with van der Waals surface area (Å²) in [6.07, 6.45) is 0.293. The maximum Gasteiger partial charge on any atom is 0.241 e. The van der Waals surface area contributed by atoms with E-state index in [0.29, 0.717) is 25.2 Å². The summed E-state index contributed by atoms with van der Waals surface area (Å²) in [7, 11) is 1.95. The Hall–Kier alpha value is -2.66. The van der Waals surface area contributed by atoms with E-state index in [2.05, 4.69) is 37.4 Å². The van der Waals surface area contributed by atoms with Gasteiger partial charge in [0.15, 0.2) is 0 Å². The highest BCUT2D eigenvalue weighted by Gasteiger charge is 2.29. The molecule has 2 amide bonds. The largest absolute Gasteiger partial charge is 0.324 e. The summed E-state index contributed by atoms with van der Waals surface area (Å²) < 4.78 is 0. The molecular weight excluding hydrogens is 338 g/mol. The molecule has 0 aliphatic carbocycles. The van der Waals surface area contributed by atoms with Crippen LogP contribution in [0.25, 0.3) is 0 Å². The number of fused-ring (bicyclic) bond motifs is 1. The molecule has 1 heterocycles. The van der Waals surface area contributed by atoms with Crippen molar-refractivity contribution in [3.05, 3.63) is 59.2 Å². The van der Waals surface area contributed by atoms with E-state index in [1.165, 1.54) is 16.7 Å². The fourth-order valence-electron chi connectivity index (χ4n) is 3.64. The lowest BCUT2D eigenvalue weighted by Gasteiger charge is -2.30. The maximum atomic E-state index is 13.1.